The zero-order valence-corrected chi connectivity index (χ0v) is 16.8. The Hall–Kier alpha value is -3.22. The Morgan fingerprint density at radius 1 is 1.03 bits per heavy atom. The Balaban J connectivity index is 1.35. The van der Waals surface area contributed by atoms with E-state index < -0.39 is 6.09 Å². The molecule has 0 heterocycles. The van der Waals surface area contributed by atoms with E-state index >= 15 is 0 Å². The van der Waals surface area contributed by atoms with Crippen molar-refractivity contribution in [3.05, 3.63) is 94.0 Å². The number of fused-ring (bicyclic) bond motifs is 3. The second-order valence-corrected chi connectivity index (χ2v) is 7.38. The van der Waals surface area contributed by atoms with Crippen molar-refractivity contribution in [1.29, 1.82) is 0 Å². The van der Waals surface area contributed by atoms with Gasteiger partial charge in [0.05, 0.1) is 6.54 Å². The Kier molecular flexibility index (Phi) is 5.55. The average Bonchev–Trinajstić information content (AvgIpc) is 3.05. The van der Waals surface area contributed by atoms with E-state index in [4.69, 9.17) is 16.3 Å². The minimum Gasteiger partial charge on any atom is -0.449 e. The number of alkyl carbamates (subject to hydrolysis) is 1. The first-order valence-electron chi connectivity index (χ1n) is 9.47. The smallest absolute Gasteiger partial charge is 0.407 e. The lowest BCUT2D eigenvalue weighted by Crippen LogP contribution is -2.26. The van der Waals surface area contributed by atoms with Crippen LogP contribution >= 0.6 is 11.6 Å². The zero-order valence-electron chi connectivity index (χ0n) is 16.0. The first kappa shape index (κ1) is 19.1. The van der Waals surface area contributed by atoms with Gasteiger partial charge in [-0.15, -0.1) is 0 Å². The summed E-state index contributed by atoms with van der Waals surface area (Å²) < 4.78 is 5.50. The van der Waals surface area contributed by atoms with E-state index in [1.165, 1.54) is 22.3 Å². The van der Waals surface area contributed by atoms with E-state index in [9.17, 15) is 4.79 Å². The Morgan fingerprint density at radius 2 is 1.69 bits per heavy atom. The van der Waals surface area contributed by atoms with Crippen LogP contribution in [0.3, 0.4) is 0 Å². The van der Waals surface area contributed by atoms with Crippen LogP contribution in [-0.2, 0) is 4.74 Å². The standard InChI is InChI=1S/C25H20ClNO2/c1-17-15-19(26)13-12-18(17)7-6-14-27-25(28)29-16-24-22-10-4-2-8-20(22)21-9-3-5-11-23(21)24/h2-5,8-13,15,24H,14,16H2,1H3,(H,27,28). The SMILES string of the molecule is Cc1cc(Cl)ccc1C#CCNC(=O)OCC1c2ccccc2-c2ccccc21. The molecule has 4 rings (SSSR count). The summed E-state index contributed by atoms with van der Waals surface area (Å²) in [5.41, 5.74) is 6.71. The van der Waals surface area contributed by atoms with Crippen LogP contribution in [0.1, 0.15) is 28.2 Å². The van der Waals surface area contributed by atoms with Crippen LogP contribution in [0.4, 0.5) is 4.79 Å². The van der Waals surface area contributed by atoms with Crippen molar-refractivity contribution in [3.63, 3.8) is 0 Å². The van der Waals surface area contributed by atoms with Crippen LogP contribution < -0.4 is 5.32 Å². The molecule has 144 valence electrons. The molecule has 0 radical (unpaired) electrons. The summed E-state index contributed by atoms with van der Waals surface area (Å²) in [5, 5.41) is 3.38. The number of benzene rings is 3. The summed E-state index contributed by atoms with van der Waals surface area (Å²) in [6.45, 7) is 2.47. The number of halogens is 1. The lowest BCUT2D eigenvalue weighted by atomic mass is 9.98. The monoisotopic (exact) mass is 401 g/mol. The average molecular weight is 402 g/mol. The van der Waals surface area contributed by atoms with Crippen LogP contribution in [0.15, 0.2) is 66.7 Å². The van der Waals surface area contributed by atoms with Gasteiger partial charge in [-0.05, 0) is 52.9 Å². The number of hydrogen-bond acceptors (Lipinski definition) is 2. The molecule has 1 N–H and O–H groups in total. The summed E-state index contributed by atoms with van der Waals surface area (Å²) in [6.07, 6.45) is -0.464. The van der Waals surface area contributed by atoms with Crippen molar-refractivity contribution in [2.45, 2.75) is 12.8 Å². The van der Waals surface area contributed by atoms with Gasteiger partial charge < -0.3 is 10.1 Å². The van der Waals surface area contributed by atoms with Gasteiger partial charge in [0, 0.05) is 16.5 Å². The van der Waals surface area contributed by atoms with E-state index in [-0.39, 0.29) is 12.5 Å². The van der Waals surface area contributed by atoms with E-state index in [0.29, 0.717) is 11.6 Å². The third kappa shape index (κ3) is 4.13. The molecule has 1 aliphatic carbocycles. The van der Waals surface area contributed by atoms with Crippen LogP contribution in [0, 0.1) is 18.8 Å². The first-order chi connectivity index (χ1) is 14.1. The van der Waals surface area contributed by atoms with Gasteiger partial charge in [0.25, 0.3) is 0 Å². The van der Waals surface area contributed by atoms with Crippen molar-refractivity contribution in [2.75, 3.05) is 13.2 Å². The normalized spacial score (nSPS) is 11.8. The minimum absolute atomic E-state index is 0.0518. The number of aryl methyl sites for hydroxylation is 1. The minimum atomic E-state index is -0.464. The van der Waals surface area contributed by atoms with Gasteiger partial charge in [-0.2, -0.15) is 0 Å². The summed E-state index contributed by atoms with van der Waals surface area (Å²) in [4.78, 5) is 12.1. The van der Waals surface area contributed by atoms with E-state index in [2.05, 4.69) is 41.4 Å². The summed E-state index contributed by atoms with van der Waals surface area (Å²) >= 11 is 5.95. The fourth-order valence-corrected chi connectivity index (χ4v) is 3.90. The van der Waals surface area contributed by atoms with Crippen LogP contribution in [-0.4, -0.2) is 19.2 Å². The highest BCUT2D eigenvalue weighted by atomic mass is 35.5. The maximum Gasteiger partial charge on any atom is 0.407 e. The van der Waals surface area contributed by atoms with Crippen LogP contribution in [0.2, 0.25) is 5.02 Å². The Bertz CT molecular complexity index is 1080. The summed E-state index contributed by atoms with van der Waals surface area (Å²) in [5.74, 6) is 6.04. The molecule has 4 heteroatoms. The van der Waals surface area contributed by atoms with Gasteiger partial charge in [0.1, 0.15) is 6.61 Å². The molecule has 0 saturated heterocycles. The number of ether oxygens (including phenoxy) is 1. The van der Waals surface area contributed by atoms with Gasteiger partial charge in [-0.25, -0.2) is 4.79 Å². The van der Waals surface area contributed by atoms with Crippen LogP contribution in [0.25, 0.3) is 11.1 Å². The van der Waals surface area contributed by atoms with E-state index in [0.717, 1.165) is 11.1 Å². The third-order valence-electron chi connectivity index (χ3n) is 5.08. The fourth-order valence-electron chi connectivity index (χ4n) is 3.67. The molecule has 0 unspecified atom stereocenters. The molecule has 0 bridgehead atoms. The Labute approximate surface area is 175 Å². The Morgan fingerprint density at radius 3 is 2.34 bits per heavy atom. The molecule has 29 heavy (non-hydrogen) atoms. The van der Waals surface area contributed by atoms with Crippen molar-refractivity contribution in [2.24, 2.45) is 0 Å². The van der Waals surface area contributed by atoms with Gasteiger partial charge in [0.2, 0.25) is 0 Å². The van der Waals surface area contributed by atoms with Crippen molar-refractivity contribution in [3.8, 4) is 23.0 Å². The quantitative estimate of drug-likeness (QED) is 0.585. The number of amides is 1. The number of rotatable bonds is 3. The molecule has 3 nitrogen and oxygen atoms in total. The second kappa shape index (κ2) is 8.43. The topological polar surface area (TPSA) is 38.3 Å². The fraction of sp³-hybridized carbons (Fsp3) is 0.160. The highest BCUT2D eigenvalue weighted by Gasteiger charge is 2.28. The number of nitrogens with one attached hydrogen (secondary N) is 1. The lowest BCUT2D eigenvalue weighted by molar-refractivity contribution is 0.144. The van der Waals surface area contributed by atoms with Crippen molar-refractivity contribution < 1.29 is 9.53 Å². The second-order valence-electron chi connectivity index (χ2n) is 6.94. The predicted octanol–water partition coefficient (Wildman–Crippen LogP) is 5.54. The molecular formula is C25H20ClNO2. The molecular weight excluding hydrogens is 382 g/mol. The first-order valence-corrected chi connectivity index (χ1v) is 9.85. The highest BCUT2D eigenvalue weighted by Crippen LogP contribution is 2.44. The molecule has 0 fully saturated rings. The number of carbonyl (C=O) groups excluding carboxylic acids is 1. The van der Waals surface area contributed by atoms with Gasteiger partial charge in [-0.3, -0.25) is 0 Å². The molecule has 1 amide bonds. The third-order valence-corrected chi connectivity index (χ3v) is 5.31. The molecule has 0 aromatic heterocycles. The molecule has 0 atom stereocenters. The molecule has 0 spiro atoms. The largest absolute Gasteiger partial charge is 0.449 e. The van der Waals surface area contributed by atoms with Crippen molar-refractivity contribution in [1.82, 2.24) is 5.32 Å². The van der Waals surface area contributed by atoms with Gasteiger partial charge in [0.15, 0.2) is 0 Å². The predicted molar refractivity (Wildman–Crippen MR) is 116 cm³/mol. The number of hydrogen-bond donors (Lipinski definition) is 1. The molecule has 3 aromatic carbocycles. The van der Waals surface area contributed by atoms with Crippen molar-refractivity contribution >= 4 is 17.7 Å². The summed E-state index contributed by atoms with van der Waals surface area (Å²) in [7, 11) is 0. The summed E-state index contributed by atoms with van der Waals surface area (Å²) in [6, 6.07) is 22.1. The zero-order chi connectivity index (χ0) is 20.2. The maximum absolute atomic E-state index is 12.1. The lowest BCUT2D eigenvalue weighted by Gasteiger charge is -2.14. The maximum atomic E-state index is 12.1. The van der Waals surface area contributed by atoms with E-state index in [1.54, 1.807) is 6.07 Å². The molecule has 1 aliphatic rings. The molecule has 0 saturated carbocycles. The van der Waals surface area contributed by atoms with Gasteiger partial charge >= 0.3 is 6.09 Å². The highest BCUT2D eigenvalue weighted by molar-refractivity contribution is 6.30. The van der Waals surface area contributed by atoms with Crippen LogP contribution in [0.5, 0.6) is 0 Å². The molecule has 0 aliphatic heterocycles. The van der Waals surface area contributed by atoms with Gasteiger partial charge in [-0.1, -0.05) is 72.0 Å². The van der Waals surface area contributed by atoms with E-state index in [1.807, 2.05) is 43.3 Å². The molecule has 3 aromatic rings. The number of carbonyl (C=O) groups is 1.